The van der Waals surface area contributed by atoms with E-state index in [1.54, 1.807) is 6.92 Å². The van der Waals surface area contributed by atoms with E-state index in [2.05, 4.69) is 9.46 Å². The SMILES string of the molecule is CCOC(=O)CCS(=O)(=O)NC1(C(=O)O)CCC1. The average molecular weight is 279 g/mol. The Kier molecular flexibility index (Phi) is 4.69. The van der Waals surface area contributed by atoms with Crippen molar-refractivity contribution in [1.82, 2.24) is 4.72 Å². The van der Waals surface area contributed by atoms with Crippen LogP contribution in [0.1, 0.15) is 32.6 Å². The summed E-state index contributed by atoms with van der Waals surface area (Å²) in [6.07, 6.45) is 0.952. The molecule has 0 amide bonds. The molecule has 0 aliphatic heterocycles. The number of rotatable bonds is 7. The number of carboxylic acids is 1. The van der Waals surface area contributed by atoms with Crippen LogP contribution < -0.4 is 4.72 Å². The molecule has 0 aromatic carbocycles. The maximum Gasteiger partial charge on any atom is 0.324 e. The van der Waals surface area contributed by atoms with Crippen LogP contribution in [0.5, 0.6) is 0 Å². The van der Waals surface area contributed by atoms with Crippen molar-refractivity contribution in [2.24, 2.45) is 0 Å². The van der Waals surface area contributed by atoms with E-state index >= 15 is 0 Å². The van der Waals surface area contributed by atoms with Crippen molar-refractivity contribution < 1.29 is 27.9 Å². The third kappa shape index (κ3) is 3.67. The fourth-order valence-corrected chi connectivity index (χ4v) is 3.11. The summed E-state index contributed by atoms with van der Waals surface area (Å²) in [6.45, 7) is 1.81. The molecule has 0 aromatic rings. The van der Waals surface area contributed by atoms with Crippen molar-refractivity contribution in [2.75, 3.05) is 12.4 Å². The van der Waals surface area contributed by atoms with Crippen LogP contribution in [0.15, 0.2) is 0 Å². The zero-order valence-electron chi connectivity index (χ0n) is 10.1. The van der Waals surface area contributed by atoms with E-state index in [1.807, 2.05) is 0 Å². The lowest BCUT2D eigenvalue weighted by Crippen LogP contribution is -2.59. The molecule has 0 radical (unpaired) electrons. The minimum atomic E-state index is -3.79. The molecule has 8 heteroatoms. The van der Waals surface area contributed by atoms with Crippen LogP contribution in [0, 0.1) is 0 Å². The zero-order chi connectivity index (χ0) is 13.8. The summed E-state index contributed by atoms with van der Waals surface area (Å²) in [5.74, 6) is -2.24. The van der Waals surface area contributed by atoms with Gasteiger partial charge in [-0.3, -0.25) is 9.59 Å². The van der Waals surface area contributed by atoms with Crippen LogP contribution in [0.25, 0.3) is 0 Å². The Labute approximate surface area is 106 Å². The van der Waals surface area contributed by atoms with Gasteiger partial charge < -0.3 is 9.84 Å². The lowest BCUT2D eigenvalue weighted by atomic mass is 9.78. The minimum absolute atomic E-state index is 0.186. The van der Waals surface area contributed by atoms with Crippen molar-refractivity contribution in [1.29, 1.82) is 0 Å². The summed E-state index contributed by atoms with van der Waals surface area (Å²) in [5, 5.41) is 8.99. The van der Waals surface area contributed by atoms with Gasteiger partial charge in [-0.05, 0) is 26.2 Å². The van der Waals surface area contributed by atoms with E-state index in [0.29, 0.717) is 6.42 Å². The van der Waals surface area contributed by atoms with Crippen molar-refractivity contribution >= 4 is 22.0 Å². The monoisotopic (exact) mass is 279 g/mol. The van der Waals surface area contributed by atoms with E-state index in [0.717, 1.165) is 0 Å². The normalized spacial score (nSPS) is 17.8. The molecule has 1 fully saturated rings. The van der Waals surface area contributed by atoms with Crippen LogP contribution in [0.4, 0.5) is 0 Å². The molecule has 1 saturated carbocycles. The molecule has 0 bridgehead atoms. The summed E-state index contributed by atoms with van der Waals surface area (Å²) in [6, 6.07) is 0. The first-order chi connectivity index (χ1) is 8.31. The number of ether oxygens (including phenoxy) is 1. The van der Waals surface area contributed by atoms with Gasteiger partial charge >= 0.3 is 11.9 Å². The minimum Gasteiger partial charge on any atom is -0.480 e. The largest absolute Gasteiger partial charge is 0.480 e. The van der Waals surface area contributed by atoms with Gasteiger partial charge in [-0.1, -0.05) is 0 Å². The lowest BCUT2D eigenvalue weighted by Gasteiger charge is -2.37. The number of hydrogen-bond acceptors (Lipinski definition) is 5. The predicted molar refractivity (Wildman–Crippen MR) is 62.4 cm³/mol. The molecule has 104 valence electrons. The van der Waals surface area contributed by atoms with Crippen molar-refractivity contribution in [2.45, 2.75) is 38.1 Å². The highest BCUT2D eigenvalue weighted by molar-refractivity contribution is 7.89. The number of carbonyl (C=O) groups is 2. The van der Waals surface area contributed by atoms with Crippen LogP contribution in [0.2, 0.25) is 0 Å². The molecule has 0 aromatic heterocycles. The third-order valence-electron chi connectivity index (χ3n) is 2.85. The van der Waals surface area contributed by atoms with Crippen molar-refractivity contribution in [3.05, 3.63) is 0 Å². The number of esters is 1. The summed E-state index contributed by atoms with van der Waals surface area (Å²) in [4.78, 5) is 22.0. The Hall–Kier alpha value is -1.15. The fourth-order valence-electron chi connectivity index (χ4n) is 1.69. The number of hydrogen-bond donors (Lipinski definition) is 2. The van der Waals surface area contributed by atoms with Crippen molar-refractivity contribution in [3.63, 3.8) is 0 Å². The van der Waals surface area contributed by atoms with Crippen LogP contribution in [-0.4, -0.2) is 43.4 Å². The Morgan fingerprint density at radius 2 is 2.00 bits per heavy atom. The summed E-state index contributed by atoms with van der Waals surface area (Å²) < 4.78 is 30.1. The van der Waals surface area contributed by atoms with Gasteiger partial charge in [0.1, 0.15) is 5.54 Å². The highest BCUT2D eigenvalue weighted by atomic mass is 32.2. The second-order valence-electron chi connectivity index (χ2n) is 4.22. The number of nitrogens with one attached hydrogen (secondary N) is 1. The van der Waals surface area contributed by atoms with Gasteiger partial charge in [0.2, 0.25) is 10.0 Å². The Morgan fingerprint density at radius 3 is 2.39 bits per heavy atom. The van der Waals surface area contributed by atoms with E-state index in [9.17, 15) is 18.0 Å². The number of aliphatic carboxylic acids is 1. The van der Waals surface area contributed by atoms with E-state index in [-0.39, 0.29) is 25.9 Å². The molecule has 0 spiro atoms. The molecular formula is C10H17NO6S. The Bertz CT molecular complexity index is 426. The summed E-state index contributed by atoms with van der Waals surface area (Å²) in [5.41, 5.74) is -1.38. The van der Waals surface area contributed by atoms with Crippen LogP contribution in [-0.2, 0) is 24.3 Å². The molecule has 2 N–H and O–H groups in total. The third-order valence-corrected chi connectivity index (χ3v) is 4.29. The smallest absolute Gasteiger partial charge is 0.324 e. The van der Waals surface area contributed by atoms with Gasteiger partial charge in [0.25, 0.3) is 0 Å². The number of sulfonamides is 1. The van der Waals surface area contributed by atoms with Gasteiger partial charge in [0, 0.05) is 0 Å². The molecule has 0 saturated heterocycles. The van der Waals surface area contributed by atoms with Crippen LogP contribution in [0.3, 0.4) is 0 Å². The van der Waals surface area contributed by atoms with Crippen molar-refractivity contribution in [3.8, 4) is 0 Å². The van der Waals surface area contributed by atoms with E-state index < -0.39 is 33.3 Å². The zero-order valence-corrected chi connectivity index (χ0v) is 11.0. The quantitative estimate of drug-likeness (QED) is 0.628. The molecule has 0 unspecified atom stereocenters. The Morgan fingerprint density at radius 1 is 1.39 bits per heavy atom. The Balaban J connectivity index is 2.54. The molecule has 1 rings (SSSR count). The van der Waals surface area contributed by atoms with Gasteiger partial charge in [0.05, 0.1) is 18.8 Å². The van der Waals surface area contributed by atoms with Gasteiger partial charge in [-0.25, -0.2) is 8.42 Å². The molecule has 7 nitrogen and oxygen atoms in total. The van der Waals surface area contributed by atoms with Gasteiger partial charge in [-0.15, -0.1) is 0 Å². The molecule has 0 heterocycles. The predicted octanol–water partition coefficient (Wildman–Crippen LogP) is -0.134. The van der Waals surface area contributed by atoms with E-state index in [1.165, 1.54) is 0 Å². The molecule has 1 aliphatic rings. The first-order valence-corrected chi connectivity index (χ1v) is 7.37. The van der Waals surface area contributed by atoms with Gasteiger partial charge in [-0.2, -0.15) is 4.72 Å². The van der Waals surface area contributed by atoms with E-state index in [4.69, 9.17) is 5.11 Å². The second-order valence-corrected chi connectivity index (χ2v) is 6.06. The molecule has 0 atom stereocenters. The summed E-state index contributed by atoms with van der Waals surface area (Å²) >= 11 is 0. The first-order valence-electron chi connectivity index (χ1n) is 5.72. The maximum atomic E-state index is 11.7. The van der Waals surface area contributed by atoms with Crippen LogP contribution >= 0.6 is 0 Å². The average Bonchev–Trinajstić information content (AvgIpc) is 2.21. The fraction of sp³-hybridized carbons (Fsp3) is 0.800. The topological polar surface area (TPSA) is 110 Å². The standard InChI is InChI=1S/C10H17NO6S/c1-2-17-8(12)4-7-18(15,16)11-10(9(13)14)5-3-6-10/h11H,2-7H2,1H3,(H,13,14). The highest BCUT2D eigenvalue weighted by Gasteiger charge is 2.47. The molecule has 18 heavy (non-hydrogen) atoms. The molecule has 1 aliphatic carbocycles. The number of carboxylic acid groups (broad SMARTS) is 1. The lowest BCUT2D eigenvalue weighted by molar-refractivity contribution is -0.147. The summed E-state index contributed by atoms with van der Waals surface area (Å²) in [7, 11) is -3.79. The first kappa shape index (κ1) is 14.9. The number of carbonyl (C=O) groups excluding carboxylic acids is 1. The molecular weight excluding hydrogens is 262 g/mol. The second kappa shape index (κ2) is 5.66. The highest BCUT2D eigenvalue weighted by Crippen LogP contribution is 2.32. The maximum absolute atomic E-state index is 11.7. The van der Waals surface area contributed by atoms with Gasteiger partial charge in [0.15, 0.2) is 0 Å².